The Bertz CT molecular complexity index is 286. The van der Waals surface area contributed by atoms with Crippen LogP contribution >= 0.6 is 11.8 Å². The number of benzene rings is 1. The predicted octanol–water partition coefficient (Wildman–Crippen LogP) is 2.44. The van der Waals surface area contributed by atoms with Crippen molar-refractivity contribution in [1.29, 1.82) is 0 Å². The maximum absolute atomic E-state index is 13.2. The van der Waals surface area contributed by atoms with E-state index < -0.39 is 0 Å². The SMILES string of the molecule is CSc1ccc(CC(C)N)cc1F. The first-order chi connectivity index (χ1) is 6.13. The Morgan fingerprint density at radius 2 is 2.23 bits per heavy atom. The molecule has 0 amide bonds. The molecule has 0 spiro atoms. The first kappa shape index (κ1) is 10.5. The molecule has 1 unspecified atom stereocenters. The van der Waals surface area contributed by atoms with Gasteiger partial charge in [0.15, 0.2) is 0 Å². The molecule has 1 rings (SSSR count). The van der Waals surface area contributed by atoms with Crippen molar-refractivity contribution in [3.63, 3.8) is 0 Å². The molecule has 0 aliphatic carbocycles. The van der Waals surface area contributed by atoms with Gasteiger partial charge in [0.2, 0.25) is 0 Å². The van der Waals surface area contributed by atoms with Gasteiger partial charge in [-0.25, -0.2) is 4.39 Å². The van der Waals surface area contributed by atoms with Crippen molar-refractivity contribution in [2.24, 2.45) is 5.73 Å². The third-order valence-electron chi connectivity index (χ3n) is 1.77. The third kappa shape index (κ3) is 3.01. The molecule has 1 aromatic rings. The lowest BCUT2D eigenvalue weighted by Gasteiger charge is -2.06. The summed E-state index contributed by atoms with van der Waals surface area (Å²) in [6.45, 7) is 1.92. The van der Waals surface area contributed by atoms with Crippen LogP contribution in [0.5, 0.6) is 0 Å². The van der Waals surface area contributed by atoms with Gasteiger partial charge in [0.1, 0.15) is 5.82 Å². The fraction of sp³-hybridized carbons (Fsp3) is 0.400. The highest BCUT2D eigenvalue weighted by Crippen LogP contribution is 2.20. The number of rotatable bonds is 3. The largest absolute Gasteiger partial charge is 0.328 e. The fourth-order valence-corrected chi connectivity index (χ4v) is 1.67. The van der Waals surface area contributed by atoms with E-state index in [4.69, 9.17) is 5.73 Å². The molecule has 1 nitrogen and oxygen atoms in total. The van der Waals surface area contributed by atoms with Crippen LogP contribution in [0.25, 0.3) is 0 Å². The van der Waals surface area contributed by atoms with E-state index in [1.54, 1.807) is 12.1 Å². The molecule has 72 valence electrons. The number of thioether (sulfide) groups is 1. The van der Waals surface area contributed by atoms with Crippen molar-refractivity contribution in [2.45, 2.75) is 24.3 Å². The summed E-state index contributed by atoms with van der Waals surface area (Å²) >= 11 is 1.42. The molecular formula is C10H14FNS. The minimum atomic E-state index is -0.148. The molecule has 0 radical (unpaired) electrons. The van der Waals surface area contributed by atoms with Crippen molar-refractivity contribution >= 4 is 11.8 Å². The quantitative estimate of drug-likeness (QED) is 0.757. The molecule has 0 bridgehead atoms. The van der Waals surface area contributed by atoms with Crippen LogP contribution < -0.4 is 5.73 Å². The van der Waals surface area contributed by atoms with Crippen LogP contribution in [0.15, 0.2) is 23.1 Å². The lowest BCUT2D eigenvalue weighted by atomic mass is 10.1. The van der Waals surface area contributed by atoms with Crippen molar-refractivity contribution < 1.29 is 4.39 Å². The summed E-state index contributed by atoms with van der Waals surface area (Å²) in [5.74, 6) is -0.148. The normalized spacial score (nSPS) is 12.9. The number of halogens is 1. The minimum Gasteiger partial charge on any atom is -0.328 e. The van der Waals surface area contributed by atoms with Gasteiger partial charge in [0.05, 0.1) is 0 Å². The Hall–Kier alpha value is -0.540. The lowest BCUT2D eigenvalue weighted by molar-refractivity contribution is 0.597. The summed E-state index contributed by atoms with van der Waals surface area (Å²) in [6, 6.07) is 5.38. The second-order valence-electron chi connectivity index (χ2n) is 3.15. The van der Waals surface area contributed by atoms with Gasteiger partial charge in [0, 0.05) is 10.9 Å². The molecule has 2 N–H and O–H groups in total. The maximum atomic E-state index is 13.2. The highest BCUT2D eigenvalue weighted by atomic mass is 32.2. The van der Waals surface area contributed by atoms with E-state index in [9.17, 15) is 4.39 Å². The van der Waals surface area contributed by atoms with Crippen LogP contribution in [0.3, 0.4) is 0 Å². The van der Waals surface area contributed by atoms with Crippen molar-refractivity contribution in [3.8, 4) is 0 Å². The van der Waals surface area contributed by atoms with Crippen LogP contribution in [0.4, 0.5) is 4.39 Å². The smallest absolute Gasteiger partial charge is 0.137 e. The van der Waals surface area contributed by atoms with E-state index in [0.29, 0.717) is 4.90 Å². The molecule has 0 saturated carbocycles. The van der Waals surface area contributed by atoms with Gasteiger partial charge in [-0.05, 0) is 37.3 Å². The Morgan fingerprint density at radius 3 is 2.69 bits per heavy atom. The van der Waals surface area contributed by atoms with Gasteiger partial charge >= 0.3 is 0 Å². The summed E-state index contributed by atoms with van der Waals surface area (Å²) in [4.78, 5) is 0.688. The van der Waals surface area contributed by atoms with Gasteiger partial charge < -0.3 is 5.73 Å². The molecule has 13 heavy (non-hydrogen) atoms. The number of hydrogen-bond acceptors (Lipinski definition) is 2. The summed E-state index contributed by atoms with van der Waals surface area (Å²) in [5.41, 5.74) is 6.58. The molecular weight excluding hydrogens is 185 g/mol. The second-order valence-corrected chi connectivity index (χ2v) is 4.00. The highest BCUT2D eigenvalue weighted by Gasteiger charge is 2.03. The summed E-state index contributed by atoms with van der Waals surface area (Å²) in [6.07, 6.45) is 2.59. The molecule has 0 heterocycles. The van der Waals surface area contributed by atoms with Gasteiger partial charge in [-0.3, -0.25) is 0 Å². The molecule has 0 aliphatic rings. The molecule has 1 atom stereocenters. The fourth-order valence-electron chi connectivity index (χ4n) is 1.21. The first-order valence-electron chi connectivity index (χ1n) is 4.21. The number of nitrogens with two attached hydrogens (primary N) is 1. The van der Waals surface area contributed by atoms with Crippen LogP contribution in [0, 0.1) is 5.82 Å². The van der Waals surface area contributed by atoms with E-state index in [2.05, 4.69) is 0 Å². The highest BCUT2D eigenvalue weighted by molar-refractivity contribution is 7.98. The van der Waals surface area contributed by atoms with E-state index in [-0.39, 0.29) is 11.9 Å². The summed E-state index contributed by atoms with van der Waals surface area (Å²) < 4.78 is 13.2. The molecule has 0 aliphatic heterocycles. The molecule has 1 aromatic carbocycles. The average Bonchev–Trinajstić information content (AvgIpc) is 2.03. The molecule has 0 aromatic heterocycles. The first-order valence-corrected chi connectivity index (χ1v) is 5.44. The van der Waals surface area contributed by atoms with Crippen molar-refractivity contribution in [3.05, 3.63) is 29.6 Å². The Labute approximate surface area is 82.5 Å². The van der Waals surface area contributed by atoms with Crippen LogP contribution in [0.1, 0.15) is 12.5 Å². The Kier molecular flexibility index (Phi) is 3.75. The van der Waals surface area contributed by atoms with Crippen molar-refractivity contribution in [2.75, 3.05) is 6.26 Å². The van der Waals surface area contributed by atoms with Crippen LogP contribution in [-0.4, -0.2) is 12.3 Å². The monoisotopic (exact) mass is 199 g/mol. The van der Waals surface area contributed by atoms with E-state index in [1.165, 1.54) is 11.8 Å². The van der Waals surface area contributed by atoms with E-state index in [1.807, 2.05) is 19.2 Å². The Balaban J connectivity index is 2.83. The van der Waals surface area contributed by atoms with Crippen LogP contribution in [-0.2, 0) is 6.42 Å². The third-order valence-corrected chi connectivity index (χ3v) is 2.54. The number of hydrogen-bond donors (Lipinski definition) is 1. The summed E-state index contributed by atoms with van der Waals surface area (Å²) in [7, 11) is 0. The Morgan fingerprint density at radius 1 is 1.54 bits per heavy atom. The van der Waals surface area contributed by atoms with Gasteiger partial charge in [-0.15, -0.1) is 11.8 Å². The predicted molar refractivity (Wildman–Crippen MR) is 55.5 cm³/mol. The zero-order valence-corrected chi connectivity index (χ0v) is 8.70. The second kappa shape index (κ2) is 4.63. The zero-order valence-electron chi connectivity index (χ0n) is 7.88. The van der Waals surface area contributed by atoms with E-state index >= 15 is 0 Å². The zero-order chi connectivity index (χ0) is 9.84. The van der Waals surface area contributed by atoms with Gasteiger partial charge in [0.25, 0.3) is 0 Å². The van der Waals surface area contributed by atoms with Crippen molar-refractivity contribution in [1.82, 2.24) is 0 Å². The lowest BCUT2D eigenvalue weighted by Crippen LogP contribution is -2.17. The molecule has 0 saturated heterocycles. The standard InChI is InChI=1S/C10H14FNS/c1-7(12)5-8-3-4-10(13-2)9(11)6-8/h3-4,6-7H,5,12H2,1-2H3. The van der Waals surface area contributed by atoms with Gasteiger partial charge in [-0.2, -0.15) is 0 Å². The summed E-state index contributed by atoms with van der Waals surface area (Å²) in [5, 5.41) is 0. The molecule has 0 fully saturated rings. The molecule has 3 heteroatoms. The maximum Gasteiger partial charge on any atom is 0.137 e. The van der Waals surface area contributed by atoms with E-state index in [0.717, 1.165) is 12.0 Å². The topological polar surface area (TPSA) is 26.0 Å². The van der Waals surface area contributed by atoms with Gasteiger partial charge in [-0.1, -0.05) is 6.07 Å². The van der Waals surface area contributed by atoms with Crippen LogP contribution in [0.2, 0.25) is 0 Å². The average molecular weight is 199 g/mol. The minimum absolute atomic E-state index is 0.0829.